The molecular weight excluding hydrogens is 162 g/mol. The average Bonchev–Trinajstić information content (AvgIpc) is 2.34. The van der Waals surface area contributed by atoms with Gasteiger partial charge >= 0.3 is 0 Å². The van der Waals surface area contributed by atoms with E-state index in [0.29, 0.717) is 5.39 Å². The highest BCUT2D eigenvalue weighted by atomic mass is 32.1. The van der Waals surface area contributed by atoms with E-state index >= 15 is 0 Å². The topological polar surface area (TPSA) is 53.1 Å². The van der Waals surface area contributed by atoms with Crippen LogP contribution in [0.3, 0.4) is 0 Å². The predicted molar refractivity (Wildman–Crippen MR) is 44.1 cm³/mol. The first kappa shape index (κ1) is 6.42. The first-order valence-electron chi connectivity index (χ1n) is 3.08. The van der Waals surface area contributed by atoms with Gasteiger partial charge in [0.1, 0.15) is 11.1 Å². The van der Waals surface area contributed by atoms with E-state index in [1.54, 1.807) is 12.1 Å². The lowest BCUT2D eigenvalue weighted by Gasteiger charge is -1.88. The molecule has 0 bridgehead atoms. The number of benzene rings is 1. The van der Waals surface area contributed by atoms with E-state index in [0.717, 1.165) is 4.70 Å². The Morgan fingerprint density at radius 1 is 1.45 bits per heavy atom. The molecule has 0 spiro atoms. The van der Waals surface area contributed by atoms with Crippen molar-refractivity contribution in [2.24, 2.45) is 0 Å². The molecule has 0 saturated heterocycles. The van der Waals surface area contributed by atoms with E-state index in [4.69, 9.17) is 0 Å². The summed E-state index contributed by atoms with van der Waals surface area (Å²) >= 11 is 1.23. The number of hydrogen-bond donors (Lipinski definition) is 2. The van der Waals surface area contributed by atoms with Gasteiger partial charge in [-0.1, -0.05) is 17.6 Å². The fraction of sp³-hybridized carbons (Fsp3) is 0. The minimum Gasteiger partial charge on any atom is -0.507 e. The Labute approximate surface area is 66.1 Å². The van der Waals surface area contributed by atoms with Gasteiger partial charge < -0.3 is 5.11 Å². The van der Waals surface area contributed by atoms with E-state index in [1.807, 2.05) is 0 Å². The maximum absolute atomic E-state index is 11.0. The van der Waals surface area contributed by atoms with E-state index < -0.39 is 0 Å². The average molecular weight is 167 g/mol. The molecular formula is C7H5NO2S. The summed E-state index contributed by atoms with van der Waals surface area (Å²) in [5.74, 6) is 0.0463. The SMILES string of the molecule is O=c1[nH]sc2cccc(O)c12. The number of H-pyrrole nitrogens is 1. The Balaban J connectivity index is 3.08. The number of nitrogens with one attached hydrogen (secondary N) is 1. The Bertz CT molecular complexity index is 443. The van der Waals surface area contributed by atoms with Crippen molar-refractivity contribution in [1.29, 1.82) is 0 Å². The second-order valence-electron chi connectivity index (χ2n) is 2.18. The molecule has 3 nitrogen and oxygen atoms in total. The van der Waals surface area contributed by atoms with Crippen LogP contribution in [-0.4, -0.2) is 9.48 Å². The Morgan fingerprint density at radius 3 is 3.00 bits per heavy atom. The number of aromatic amines is 1. The molecule has 0 aliphatic rings. The van der Waals surface area contributed by atoms with Gasteiger partial charge in [-0.2, -0.15) is 0 Å². The van der Waals surface area contributed by atoms with E-state index in [1.165, 1.54) is 17.6 Å². The number of hydrogen-bond acceptors (Lipinski definition) is 3. The lowest BCUT2D eigenvalue weighted by Crippen LogP contribution is -1.95. The fourth-order valence-electron chi connectivity index (χ4n) is 0.985. The molecule has 0 radical (unpaired) electrons. The lowest BCUT2D eigenvalue weighted by molar-refractivity contribution is 0.481. The van der Waals surface area contributed by atoms with Crippen LogP contribution in [0.4, 0.5) is 0 Å². The second kappa shape index (κ2) is 2.10. The van der Waals surface area contributed by atoms with Crippen molar-refractivity contribution in [3.8, 4) is 5.75 Å². The van der Waals surface area contributed by atoms with E-state index in [2.05, 4.69) is 4.37 Å². The molecule has 0 aliphatic heterocycles. The third-order valence-corrected chi connectivity index (χ3v) is 2.33. The van der Waals surface area contributed by atoms with Crippen LogP contribution in [0, 0.1) is 0 Å². The van der Waals surface area contributed by atoms with Crippen molar-refractivity contribution >= 4 is 21.6 Å². The molecule has 0 aliphatic carbocycles. The zero-order valence-electron chi connectivity index (χ0n) is 5.50. The third kappa shape index (κ3) is 0.832. The molecule has 0 unspecified atom stereocenters. The summed E-state index contributed by atoms with van der Waals surface area (Å²) in [6.45, 7) is 0. The molecule has 56 valence electrons. The molecule has 2 rings (SSSR count). The van der Waals surface area contributed by atoms with Crippen LogP contribution in [0.1, 0.15) is 0 Å². The van der Waals surface area contributed by atoms with Gasteiger partial charge in [-0.05, 0) is 12.1 Å². The summed E-state index contributed by atoms with van der Waals surface area (Å²) in [7, 11) is 0. The molecule has 1 aromatic carbocycles. The summed E-state index contributed by atoms with van der Waals surface area (Å²) in [4.78, 5) is 11.0. The largest absolute Gasteiger partial charge is 0.507 e. The summed E-state index contributed by atoms with van der Waals surface area (Å²) in [5.41, 5.74) is -0.219. The smallest absolute Gasteiger partial charge is 0.269 e. The molecule has 2 aromatic rings. The fourth-order valence-corrected chi connectivity index (χ4v) is 1.74. The molecule has 0 atom stereocenters. The summed E-state index contributed by atoms with van der Waals surface area (Å²) in [6.07, 6.45) is 0. The number of aromatic hydroxyl groups is 1. The maximum Gasteiger partial charge on any atom is 0.269 e. The van der Waals surface area contributed by atoms with Gasteiger partial charge in [0.05, 0.1) is 4.70 Å². The first-order valence-corrected chi connectivity index (χ1v) is 3.90. The van der Waals surface area contributed by atoms with Gasteiger partial charge in [0, 0.05) is 0 Å². The van der Waals surface area contributed by atoms with E-state index in [-0.39, 0.29) is 11.3 Å². The zero-order chi connectivity index (χ0) is 7.84. The quantitative estimate of drug-likeness (QED) is 0.621. The zero-order valence-corrected chi connectivity index (χ0v) is 6.31. The van der Waals surface area contributed by atoms with Crippen molar-refractivity contribution in [3.63, 3.8) is 0 Å². The third-order valence-electron chi connectivity index (χ3n) is 1.48. The van der Waals surface area contributed by atoms with Crippen LogP contribution in [-0.2, 0) is 0 Å². The van der Waals surface area contributed by atoms with Gasteiger partial charge in [-0.15, -0.1) is 0 Å². The number of phenolic OH excluding ortho intramolecular Hbond substituents is 1. The minimum atomic E-state index is -0.219. The van der Waals surface area contributed by atoms with Crippen molar-refractivity contribution in [2.75, 3.05) is 0 Å². The minimum absolute atomic E-state index is 0.0463. The Kier molecular flexibility index (Phi) is 1.22. The van der Waals surface area contributed by atoms with Crippen molar-refractivity contribution in [3.05, 3.63) is 28.6 Å². The summed E-state index contributed by atoms with van der Waals surface area (Å²) < 4.78 is 3.33. The summed E-state index contributed by atoms with van der Waals surface area (Å²) in [6, 6.07) is 5.00. The summed E-state index contributed by atoms with van der Waals surface area (Å²) in [5, 5.41) is 9.61. The molecule has 1 heterocycles. The van der Waals surface area contributed by atoms with Gasteiger partial charge in [-0.25, -0.2) is 0 Å². The first-order chi connectivity index (χ1) is 5.29. The normalized spacial score (nSPS) is 10.5. The molecule has 1 aromatic heterocycles. The van der Waals surface area contributed by atoms with Crippen molar-refractivity contribution < 1.29 is 5.11 Å². The molecule has 4 heteroatoms. The molecule has 2 N–H and O–H groups in total. The van der Waals surface area contributed by atoms with Gasteiger partial charge in [-0.3, -0.25) is 9.17 Å². The van der Waals surface area contributed by atoms with E-state index in [9.17, 15) is 9.90 Å². The van der Waals surface area contributed by atoms with Crippen LogP contribution in [0.25, 0.3) is 10.1 Å². The van der Waals surface area contributed by atoms with Gasteiger partial charge in [0.15, 0.2) is 0 Å². The van der Waals surface area contributed by atoms with Gasteiger partial charge in [0.25, 0.3) is 5.56 Å². The number of fused-ring (bicyclic) bond motifs is 1. The van der Waals surface area contributed by atoms with Crippen LogP contribution in [0.5, 0.6) is 5.75 Å². The number of phenols is 1. The number of rotatable bonds is 0. The lowest BCUT2D eigenvalue weighted by atomic mass is 10.2. The standard InChI is InChI=1S/C7H5NO2S/c9-4-2-1-3-5-6(4)7(10)8-11-5/h1-3,9H,(H,8,10). The Hall–Kier alpha value is -1.29. The number of aromatic nitrogens is 1. The second-order valence-corrected chi connectivity index (χ2v) is 3.03. The van der Waals surface area contributed by atoms with Crippen LogP contribution in [0.2, 0.25) is 0 Å². The highest BCUT2D eigenvalue weighted by molar-refractivity contribution is 7.13. The van der Waals surface area contributed by atoms with Crippen LogP contribution < -0.4 is 5.56 Å². The van der Waals surface area contributed by atoms with Crippen LogP contribution >= 0.6 is 11.5 Å². The molecule has 11 heavy (non-hydrogen) atoms. The monoisotopic (exact) mass is 167 g/mol. The maximum atomic E-state index is 11.0. The molecule has 0 saturated carbocycles. The highest BCUT2D eigenvalue weighted by Crippen LogP contribution is 2.22. The Morgan fingerprint density at radius 2 is 2.27 bits per heavy atom. The highest BCUT2D eigenvalue weighted by Gasteiger charge is 2.04. The van der Waals surface area contributed by atoms with Gasteiger partial charge in [0.2, 0.25) is 0 Å². The predicted octanol–water partition coefficient (Wildman–Crippen LogP) is 1.30. The van der Waals surface area contributed by atoms with Crippen molar-refractivity contribution in [1.82, 2.24) is 4.37 Å². The van der Waals surface area contributed by atoms with Crippen molar-refractivity contribution in [2.45, 2.75) is 0 Å². The van der Waals surface area contributed by atoms with Crippen LogP contribution in [0.15, 0.2) is 23.0 Å². The molecule has 0 fully saturated rings. The molecule has 0 amide bonds.